The first-order valence-electron chi connectivity index (χ1n) is 11.0. The van der Waals surface area contributed by atoms with Crippen molar-refractivity contribution in [3.63, 3.8) is 0 Å². The Kier molecular flexibility index (Phi) is 3.31. The van der Waals surface area contributed by atoms with Crippen molar-refractivity contribution in [3.8, 4) is 16.9 Å². The molecule has 2 heterocycles. The molecule has 0 spiro atoms. The van der Waals surface area contributed by atoms with E-state index in [-0.39, 0.29) is 0 Å². The third-order valence-electron chi connectivity index (χ3n) is 7.26. The van der Waals surface area contributed by atoms with E-state index in [0.29, 0.717) is 0 Å². The Morgan fingerprint density at radius 2 is 1.47 bits per heavy atom. The van der Waals surface area contributed by atoms with Gasteiger partial charge in [0.15, 0.2) is 0 Å². The van der Waals surface area contributed by atoms with Gasteiger partial charge in [0.1, 0.15) is 0 Å². The zero-order valence-corrected chi connectivity index (χ0v) is 16.8. The van der Waals surface area contributed by atoms with Crippen LogP contribution in [0.4, 0.5) is 0 Å². The van der Waals surface area contributed by atoms with Crippen molar-refractivity contribution < 1.29 is 0 Å². The van der Waals surface area contributed by atoms with Gasteiger partial charge in [-0.3, -0.25) is 4.98 Å². The topological polar surface area (TPSA) is 17.8 Å². The molecule has 2 aromatic heterocycles. The van der Waals surface area contributed by atoms with Crippen molar-refractivity contribution in [2.45, 2.75) is 31.1 Å². The SMILES string of the molecule is c1ccc(-n2c3ccccc3c3ccc(-c4cc5c(cn4)C4CCC5C4)cc32)cc1. The average Bonchev–Trinajstić information content (AvgIpc) is 3.51. The number of pyridine rings is 1. The van der Waals surface area contributed by atoms with E-state index in [2.05, 4.69) is 89.6 Å². The lowest BCUT2D eigenvalue weighted by Gasteiger charge is -2.15. The predicted octanol–water partition coefficient (Wildman–Crippen LogP) is 7.21. The fraction of sp³-hybridized carbons (Fsp3) is 0.179. The van der Waals surface area contributed by atoms with E-state index in [4.69, 9.17) is 4.98 Å². The molecular formula is C28H22N2. The summed E-state index contributed by atoms with van der Waals surface area (Å²) in [6.45, 7) is 0. The number of benzene rings is 3. The molecule has 2 unspecified atom stereocenters. The molecule has 2 bridgehead atoms. The molecule has 2 nitrogen and oxygen atoms in total. The van der Waals surface area contributed by atoms with Crippen LogP contribution in [0.15, 0.2) is 85.1 Å². The van der Waals surface area contributed by atoms with Crippen molar-refractivity contribution in [3.05, 3.63) is 96.2 Å². The third-order valence-corrected chi connectivity index (χ3v) is 7.26. The number of para-hydroxylation sites is 2. The zero-order valence-electron chi connectivity index (χ0n) is 16.8. The molecule has 7 rings (SSSR count). The van der Waals surface area contributed by atoms with Crippen LogP contribution >= 0.6 is 0 Å². The Balaban J connectivity index is 1.47. The van der Waals surface area contributed by atoms with E-state index in [0.717, 1.165) is 17.5 Å². The Hall–Kier alpha value is -3.39. The molecule has 0 aliphatic heterocycles. The second kappa shape index (κ2) is 6.06. The zero-order chi connectivity index (χ0) is 19.7. The standard InChI is InChI=1S/C28H22N2/c1-2-6-21(7-3-1)30-27-9-5-4-8-22(27)23-13-12-20(15-28(23)30)26-16-24-18-10-11-19(14-18)25(24)17-29-26/h1-9,12-13,15-19H,10-11,14H2. The van der Waals surface area contributed by atoms with Crippen LogP contribution in [0, 0.1) is 0 Å². The first-order chi connectivity index (χ1) is 14.9. The van der Waals surface area contributed by atoms with Gasteiger partial charge in [-0.2, -0.15) is 0 Å². The summed E-state index contributed by atoms with van der Waals surface area (Å²) in [5.41, 5.74) is 9.05. The molecule has 2 atom stereocenters. The van der Waals surface area contributed by atoms with E-state index in [9.17, 15) is 0 Å². The van der Waals surface area contributed by atoms with Crippen LogP contribution in [0.3, 0.4) is 0 Å². The molecule has 2 heteroatoms. The minimum Gasteiger partial charge on any atom is -0.309 e. The van der Waals surface area contributed by atoms with Crippen LogP contribution in [0.2, 0.25) is 0 Å². The van der Waals surface area contributed by atoms with Crippen molar-refractivity contribution in [1.82, 2.24) is 9.55 Å². The van der Waals surface area contributed by atoms with E-state index in [1.165, 1.54) is 57.9 Å². The lowest BCUT2D eigenvalue weighted by Crippen LogP contribution is -2.00. The molecule has 5 aromatic rings. The summed E-state index contributed by atoms with van der Waals surface area (Å²) < 4.78 is 2.38. The fourth-order valence-corrected chi connectivity index (χ4v) is 5.87. The number of hydrogen-bond donors (Lipinski definition) is 0. The summed E-state index contributed by atoms with van der Waals surface area (Å²) in [7, 11) is 0. The van der Waals surface area contributed by atoms with Gasteiger partial charge < -0.3 is 4.57 Å². The number of fused-ring (bicyclic) bond motifs is 8. The van der Waals surface area contributed by atoms with Crippen LogP contribution < -0.4 is 0 Å². The van der Waals surface area contributed by atoms with Gasteiger partial charge in [0, 0.05) is 28.2 Å². The lowest BCUT2D eigenvalue weighted by molar-refractivity contribution is 0.714. The molecule has 0 radical (unpaired) electrons. The minimum absolute atomic E-state index is 0.756. The van der Waals surface area contributed by atoms with Gasteiger partial charge in [-0.05, 0) is 72.6 Å². The van der Waals surface area contributed by atoms with Gasteiger partial charge in [0.05, 0.1) is 16.7 Å². The molecule has 0 amide bonds. The molecule has 0 N–H and O–H groups in total. The molecule has 2 aliphatic carbocycles. The first-order valence-corrected chi connectivity index (χ1v) is 11.0. The average molecular weight is 386 g/mol. The fourth-order valence-electron chi connectivity index (χ4n) is 5.87. The highest BCUT2D eigenvalue weighted by Crippen LogP contribution is 2.53. The van der Waals surface area contributed by atoms with E-state index >= 15 is 0 Å². The quantitative estimate of drug-likeness (QED) is 0.313. The Labute approximate surface area is 175 Å². The number of aromatic nitrogens is 2. The van der Waals surface area contributed by atoms with Crippen LogP contribution in [0.25, 0.3) is 38.8 Å². The van der Waals surface area contributed by atoms with Crippen molar-refractivity contribution in [2.75, 3.05) is 0 Å². The van der Waals surface area contributed by atoms with Gasteiger partial charge in [-0.1, -0.05) is 48.5 Å². The largest absolute Gasteiger partial charge is 0.309 e. The van der Waals surface area contributed by atoms with Crippen molar-refractivity contribution in [1.29, 1.82) is 0 Å². The third kappa shape index (κ3) is 2.22. The summed E-state index contributed by atoms with van der Waals surface area (Å²) in [6, 6.07) is 28.6. The highest BCUT2D eigenvalue weighted by Gasteiger charge is 2.37. The molecule has 1 fully saturated rings. The summed E-state index contributed by atoms with van der Waals surface area (Å²) in [5, 5.41) is 2.58. The molecular weight excluding hydrogens is 364 g/mol. The Morgan fingerprint density at radius 3 is 2.37 bits per heavy atom. The smallest absolute Gasteiger partial charge is 0.0705 e. The van der Waals surface area contributed by atoms with Crippen molar-refractivity contribution in [2.24, 2.45) is 0 Å². The van der Waals surface area contributed by atoms with Gasteiger partial charge in [0.2, 0.25) is 0 Å². The van der Waals surface area contributed by atoms with Crippen LogP contribution in [0.1, 0.15) is 42.2 Å². The van der Waals surface area contributed by atoms with Gasteiger partial charge in [0.25, 0.3) is 0 Å². The van der Waals surface area contributed by atoms with Crippen LogP contribution in [-0.4, -0.2) is 9.55 Å². The van der Waals surface area contributed by atoms with Crippen LogP contribution in [-0.2, 0) is 0 Å². The highest BCUT2D eigenvalue weighted by atomic mass is 15.0. The van der Waals surface area contributed by atoms with Gasteiger partial charge in [-0.25, -0.2) is 0 Å². The normalized spacial score (nSPS) is 19.6. The van der Waals surface area contributed by atoms with E-state index < -0.39 is 0 Å². The summed E-state index contributed by atoms with van der Waals surface area (Å²) in [6.07, 6.45) is 6.19. The van der Waals surface area contributed by atoms with Crippen molar-refractivity contribution >= 4 is 21.8 Å². The van der Waals surface area contributed by atoms with Crippen LogP contribution in [0.5, 0.6) is 0 Å². The van der Waals surface area contributed by atoms with E-state index in [1.54, 1.807) is 5.56 Å². The monoisotopic (exact) mass is 386 g/mol. The molecule has 2 aliphatic rings. The molecule has 1 saturated carbocycles. The lowest BCUT2D eigenvalue weighted by atomic mass is 9.92. The Morgan fingerprint density at radius 1 is 0.700 bits per heavy atom. The second-order valence-electron chi connectivity index (χ2n) is 8.83. The predicted molar refractivity (Wildman–Crippen MR) is 123 cm³/mol. The highest BCUT2D eigenvalue weighted by molar-refractivity contribution is 6.10. The van der Waals surface area contributed by atoms with Gasteiger partial charge in [-0.15, -0.1) is 0 Å². The number of hydrogen-bond acceptors (Lipinski definition) is 1. The number of nitrogens with zero attached hydrogens (tertiary/aromatic N) is 2. The summed E-state index contributed by atoms with van der Waals surface area (Å²) in [5.74, 6) is 1.51. The Bertz CT molecular complexity index is 1430. The maximum atomic E-state index is 4.89. The summed E-state index contributed by atoms with van der Waals surface area (Å²) in [4.78, 5) is 4.89. The second-order valence-corrected chi connectivity index (χ2v) is 8.83. The molecule has 0 saturated heterocycles. The van der Waals surface area contributed by atoms with Gasteiger partial charge >= 0.3 is 0 Å². The van der Waals surface area contributed by atoms with E-state index in [1.807, 2.05) is 0 Å². The first kappa shape index (κ1) is 16.4. The number of rotatable bonds is 2. The molecule has 3 aromatic carbocycles. The summed E-state index contributed by atoms with van der Waals surface area (Å²) >= 11 is 0. The minimum atomic E-state index is 0.756. The molecule has 144 valence electrons. The molecule has 30 heavy (non-hydrogen) atoms. The maximum Gasteiger partial charge on any atom is 0.0705 e. The maximum absolute atomic E-state index is 4.89.